The number of carbonyl (C=O) groups is 2. The number of benzene rings is 1. The maximum atomic E-state index is 11.1. The Kier molecular flexibility index (Phi) is 5.47. The molecule has 19 heavy (non-hydrogen) atoms. The van der Waals surface area contributed by atoms with E-state index in [1.54, 1.807) is 24.3 Å². The van der Waals surface area contributed by atoms with Crippen LogP contribution in [0, 0.1) is 0 Å². The fourth-order valence-corrected chi connectivity index (χ4v) is 1.60. The van der Waals surface area contributed by atoms with E-state index in [0.717, 1.165) is 0 Å². The van der Waals surface area contributed by atoms with Crippen LogP contribution in [0.5, 0.6) is 0 Å². The second kappa shape index (κ2) is 6.86. The van der Waals surface area contributed by atoms with Crippen LogP contribution in [0.3, 0.4) is 0 Å². The van der Waals surface area contributed by atoms with Crippen molar-refractivity contribution in [2.75, 3.05) is 12.4 Å². The van der Waals surface area contributed by atoms with Gasteiger partial charge in [0.1, 0.15) is 0 Å². The van der Waals surface area contributed by atoms with E-state index in [1.807, 2.05) is 0 Å². The van der Waals surface area contributed by atoms with Crippen LogP contribution in [0.15, 0.2) is 24.3 Å². The third-order valence-electron chi connectivity index (χ3n) is 2.61. The van der Waals surface area contributed by atoms with Crippen LogP contribution in [0.25, 0.3) is 0 Å². The summed E-state index contributed by atoms with van der Waals surface area (Å²) in [6.07, 6.45) is -1.03. The van der Waals surface area contributed by atoms with Gasteiger partial charge in [-0.25, -0.2) is 0 Å². The fourth-order valence-electron chi connectivity index (χ4n) is 1.60. The normalized spacial score (nSPS) is 13.5. The van der Waals surface area contributed by atoms with E-state index in [1.165, 1.54) is 14.0 Å². The average molecular weight is 266 g/mol. The van der Waals surface area contributed by atoms with Gasteiger partial charge in [0.15, 0.2) is 0 Å². The van der Waals surface area contributed by atoms with Crippen molar-refractivity contribution in [3.8, 4) is 0 Å². The van der Waals surface area contributed by atoms with Gasteiger partial charge in [-0.3, -0.25) is 9.59 Å². The number of aliphatic hydroxyl groups excluding tert-OH is 1. The van der Waals surface area contributed by atoms with Crippen molar-refractivity contribution >= 4 is 17.6 Å². The monoisotopic (exact) mass is 266 g/mol. The first-order chi connectivity index (χ1) is 8.93. The van der Waals surface area contributed by atoms with Gasteiger partial charge >= 0.3 is 5.97 Å². The molecule has 0 heterocycles. The first kappa shape index (κ1) is 15.1. The Morgan fingerprint density at radius 1 is 1.37 bits per heavy atom. The van der Waals surface area contributed by atoms with Crippen molar-refractivity contribution in [3.05, 3.63) is 29.8 Å². The Bertz CT molecular complexity index is 444. The molecular formula is C13H18N2O4. The number of esters is 1. The zero-order valence-corrected chi connectivity index (χ0v) is 10.9. The summed E-state index contributed by atoms with van der Waals surface area (Å²) in [5, 5.41) is 12.6. The number of amides is 1. The van der Waals surface area contributed by atoms with Gasteiger partial charge in [0, 0.05) is 18.7 Å². The lowest BCUT2D eigenvalue weighted by molar-refractivity contribution is -0.141. The maximum Gasteiger partial charge on any atom is 0.307 e. The minimum Gasteiger partial charge on any atom is -0.469 e. The molecule has 0 aliphatic heterocycles. The Balaban J connectivity index is 2.69. The molecule has 1 aromatic carbocycles. The van der Waals surface area contributed by atoms with Crippen LogP contribution in [-0.2, 0) is 14.3 Å². The largest absolute Gasteiger partial charge is 0.469 e. The molecule has 0 saturated carbocycles. The molecule has 0 radical (unpaired) electrons. The Morgan fingerprint density at radius 3 is 2.42 bits per heavy atom. The molecular weight excluding hydrogens is 248 g/mol. The number of anilines is 1. The number of hydrogen-bond donors (Lipinski definition) is 3. The highest BCUT2D eigenvalue weighted by atomic mass is 16.5. The van der Waals surface area contributed by atoms with Crippen LogP contribution >= 0.6 is 0 Å². The highest BCUT2D eigenvalue weighted by Gasteiger charge is 2.20. The summed E-state index contributed by atoms with van der Waals surface area (Å²) < 4.78 is 4.49. The summed E-state index contributed by atoms with van der Waals surface area (Å²) in [4.78, 5) is 21.9. The molecule has 0 fully saturated rings. The van der Waals surface area contributed by atoms with E-state index in [-0.39, 0.29) is 12.3 Å². The van der Waals surface area contributed by atoms with Crippen molar-refractivity contribution in [1.29, 1.82) is 0 Å². The van der Waals surface area contributed by atoms with Crippen molar-refractivity contribution in [2.24, 2.45) is 5.73 Å². The Labute approximate surface area is 111 Å². The van der Waals surface area contributed by atoms with Crippen LogP contribution < -0.4 is 11.1 Å². The smallest absolute Gasteiger partial charge is 0.307 e. The van der Waals surface area contributed by atoms with Crippen LogP contribution in [-0.4, -0.2) is 30.1 Å². The van der Waals surface area contributed by atoms with Gasteiger partial charge in [0.2, 0.25) is 5.91 Å². The van der Waals surface area contributed by atoms with Crippen molar-refractivity contribution in [3.63, 3.8) is 0 Å². The number of ether oxygens (including phenoxy) is 1. The van der Waals surface area contributed by atoms with Gasteiger partial charge < -0.3 is 20.9 Å². The summed E-state index contributed by atoms with van der Waals surface area (Å²) in [5.41, 5.74) is 6.93. The number of nitrogens with two attached hydrogens (primary N) is 1. The van der Waals surface area contributed by atoms with Gasteiger partial charge in [-0.05, 0) is 17.7 Å². The molecule has 6 heteroatoms. The van der Waals surface area contributed by atoms with Crippen LogP contribution in [0.4, 0.5) is 5.69 Å². The van der Waals surface area contributed by atoms with E-state index in [4.69, 9.17) is 5.73 Å². The van der Waals surface area contributed by atoms with E-state index in [0.29, 0.717) is 11.3 Å². The molecule has 1 amide bonds. The van der Waals surface area contributed by atoms with E-state index in [9.17, 15) is 14.7 Å². The lowest BCUT2D eigenvalue weighted by atomic mass is 10.0. The molecule has 0 bridgehead atoms. The van der Waals surface area contributed by atoms with E-state index < -0.39 is 18.1 Å². The minimum absolute atomic E-state index is 0.0644. The van der Waals surface area contributed by atoms with Gasteiger partial charge in [0.05, 0.1) is 19.6 Å². The number of hydrogen-bond acceptors (Lipinski definition) is 5. The number of aliphatic hydroxyl groups is 1. The third kappa shape index (κ3) is 4.69. The fraction of sp³-hybridized carbons (Fsp3) is 0.385. The summed E-state index contributed by atoms with van der Waals surface area (Å²) >= 11 is 0. The first-order valence-corrected chi connectivity index (χ1v) is 5.82. The second-order valence-corrected chi connectivity index (χ2v) is 4.19. The number of nitrogens with one attached hydrogen (secondary N) is 1. The zero-order valence-electron chi connectivity index (χ0n) is 10.9. The molecule has 2 atom stereocenters. The predicted molar refractivity (Wildman–Crippen MR) is 70.3 cm³/mol. The lowest BCUT2D eigenvalue weighted by Gasteiger charge is -2.18. The van der Waals surface area contributed by atoms with Crippen LogP contribution in [0.1, 0.15) is 25.0 Å². The highest BCUT2D eigenvalue weighted by molar-refractivity contribution is 5.88. The summed E-state index contributed by atoms with van der Waals surface area (Å²) in [6.45, 7) is 1.41. The summed E-state index contributed by atoms with van der Waals surface area (Å²) in [6, 6.07) is 5.87. The molecule has 0 aliphatic carbocycles. The maximum absolute atomic E-state index is 11.1. The van der Waals surface area contributed by atoms with Gasteiger partial charge in [-0.15, -0.1) is 0 Å². The molecule has 4 N–H and O–H groups in total. The number of carbonyl (C=O) groups excluding carboxylic acids is 2. The second-order valence-electron chi connectivity index (χ2n) is 4.19. The molecule has 0 aromatic heterocycles. The van der Waals surface area contributed by atoms with E-state index in [2.05, 4.69) is 10.1 Å². The van der Waals surface area contributed by atoms with Crippen molar-refractivity contribution in [1.82, 2.24) is 0 Å². The Morgan fingerprint density at radius 2 is 1.95 bits per heavy atom. The molecule has 104 valence electrons. The lowest BCUT2D eigenvalue weighted by Crippen LogP contribution is -2.31. The SMILES string of the molecule is COC(=O)CC(N)C(O)c1ccc(NC(C)=O)cc1. The quantitative estimate of drug-likeness (QED) is 0.676. The van der Waals surface area contributed by atoms with Crippen molar-refractivity contribution in [2.45, 2.75) is 25.5 Å². The molecule has 1 aromatic rings. The minimum atomic E-state index is -0.967. The number of methoxy groups -OCH3 is 1. The first-order valence-electron chi connectivity index (χ1n) is 5.82. The molecule has 0 spiro atoms. The van der Waals surface area contributed by atoms with Crippen molar-refractivity contribution < 1.29 is 19.4 Å². The predicted octanol–water partition coefficient (Wildman–Crippen LogP) is 0.569. The molecule has 6 nitrogen and oxygen atoms in total. The summed E-state index contributed by atoms with van der Waals surface area (Å²) in [7, 11) is 1.27. The Hall–Kier alpha value is -1.92. The van der Waals surface area contributed by atoms with Gasteiger partial charge in [0.25, 0.3) is 0 Å². The average Bonchev–Trinajstić information content (AvgIpc) is 2.37. The molecule has 1 rings (SSSR count). The zero-order chi connectivity index (χ0) is 14.4. The van der Waals surface area contributed by atoms with Gasteiger partial charge in [-0.1, -0.05) is 12.1 Å². The van der Waals surface area contributed by atoms with Gasteiger partial charge in [-0.2, -0.15) is 0 Å². The molecule has 0 saturated heterocycles. The standard InChI is InChI=1S/C13H18N2O4/c1-8(16)15-10-5-3-9(4-6-10)13(18)11(14)7-12(17)19-2/h3-6,11,13,18H,7,14H2,1-2H3,(H,15,16). The third-order valence-corrected chi connectivity index (χ3v) is 2.61. The molecule has 0 aliphatic rings. The van der Waals surface area contributed by atoms with Crippen LogP contribution in [0.2, 0.25) is 0 Å². The molecule has 2 unspecified atom stereocenters. The topological polar surface area (TPSA) is 102 Å². The summed E-state index contributed by atoms with van der Waals surface area (Å²) in [5.74, 6) is -0.642. The number of rotatable bonds is 5. The van der Waals surface area contributed by atoms with E-state index >= 15 is 0 Å². The highest BCUT2D eigenvalue weighted by Crippen LogP contribution is 2.20.